The first-order valence-corrected chi connectivity index (χ1v) is 12.8. The third-order valence-electron chi connectivity index (χ3n) is 7.98. The molecule has 3 atom stereocenters. The fourth-order valence-electron chi connectivity index (χ4n) is 6.18. The first kappa shape index (κ1) is 21.7. The van der Waals surface area contributed by atoms with Crippen LogP contribution in [0.1, 0.15) is 36.1 Å². The fraction of sp³-hybridized carbons (Fsp3) is 0.179. The molecule has 0 bridgehead atoms. The van der Waals surface area contributed by atoms with E-state index in [2.05, 4.69) is 26.6 Å². The number of nitrogens with zero attached hydrogens (tertiary/aromatic N) is 6. The molecule has 38 heavy (non-hydrogen) atoms. The predicted molar refractivity (Wildman–Crippen MR) is 142 cm³/mol. The summed E-state index contributed by atoms with van der Waals surface area (Å²) in [4.78, 5) is 21.4. The van der Waals surface area contributed by atoms with Crippen LogP contribution in [0.2, 0.25) is 5.02 Å². The second-order valence-electron chi connectivity index (χ2n) is 10.1. The molecule has 0 amide bonds. The Kier molecular flexibility index (Phi) is 4.46. The van der Waals surface area contributed by atoms with Gasteiger partial charge in [0.1, 0.15) is 12.1 Å². The number of pyridine rings is 1. The second kappa shape index (κ2) is 7.82. The highest BCUT2D eigenvalue weighted by atomic mass is 35.5. The number of nitrogens with one attached hydrogen (secondary N) is 1. The Bertz CT molecular complexity index is 1900. The van der Waals surface area contributed by atoms with Gasteiger partial charge in [0.15, 0.2) is 0 Å². The number of benzene rings is 2. The quantitative estimate of drug-likeness (QED) is 0.345. The van der Waals surface area contributed by atoms with Gasteiger partial charge in [0.25, 0.3) is 5.56 Å². The number of hydrogen-bond acceptors (Lipinski definition) is 5. The third-order valence-corrected chi connectivity index (χ3v) is 8.22. The third kappa shape index (κ3) is 3.11. The van der Waals surface area contributed by atoms with Crippen LogP contribution in [0.5, 0.6) is 0 Å². The largest absolute Gasteiger partial charge is 0.361 e. The number of H-pyrrole nitrogens is 1. The lowest BCUT2D eigenvalue weighted by atomic mass is 9.96. The molecule has 3 aromatic heterocycles. The van der Waals surface area contributed by atoms with Crippen LogP contribution in [0.15, 0.2) is 77.0 Å². The Morgan fingerprint density at radius 1 is 1.08 bits per heavy atom. The number of tetrazole rings is 1. The lowest BCUT2D eigenvalue weighted by molar-refractivity contribution is 0.584. The van der Waals surface area contributed by atoms with Gasteiger partial charge in [-0.3, -0.25) is 9.79 Å². The van der Waals surface area contributed by atoms with E-state index in [4.69, 9.17) is 16.6 Å². The minimum absolute atomic E-state index is 0.0894. The van der Waals surface area contributed by atoms with Crippen molar-refractivity contribution in [2.75, 3.05) is 0 Å². The van der Waals surface area contributed by atoms with Crippen LogP contribution in [0, 0.1) is 11.7 Å². The molecule has 3 aliphatic rings. The van der Waals surface area contributed by atoms with E-state index in [1.165, 1.54) is 6.33 Å². The molecule has 0 radical (unpaired) electrons. The number of aromatic nitrogens is 6. The van der Waals surface area contributed by atoms with Crippen LogP contribution in [0.4, 0.5) is 4.39 Å². The summed E-state index contributed by atoms with van der Waals surface area (Å²) >= 11 is 6.34. The molecule has 1 N–H and O–H groups in total. The van der Waals surface area contributed by atoms with Crippen molar-refractivity contribution >= 4 is 33.8 Å². The Balaban J connectivity index is 1.15. The van der Waals surface area contributed by atoms with E-state index in [1.807, 2.05) is 22.8 Å². The van der Waals surface area contributed by atoms with Crippen molar-refractivity contribution in [2.45, 2.75) is 24.8 Å². The molecule has 2 aliphatic heterocycles. The van der Waals surface area contributed by atoms with Crippen LogP contribution in [0.3, 0.4) is 0 Å². The zero-order valence-electron chi connectivity index (χ0n) is 19.8. The van der Waals surface area contributed by atoms with Crippen molar-refractivity contribution in [3.05, 3.63) is 99.7 Å². The standard InChI is InChI=1S/C28H19ClFN7O/c29-16-1-4-24(36-13-33-34-35-36)19(10-16)14-8-25-20-11-21(20)28(37(25)26(38)9-14)23-7-15(12-32-23)17-2-3-22-18(27(17)30)5-6-31-22/h1-6,8-10,12-13,20-21,28,31H,7,11H2. The van der Waals surface area contributed by atoms with Crippen molar-refractivity contribution < 1.29 is 4.39 Å². The number of aromatic amines is 1. The minimum Gasteiger partial charge on any atom is -0.361 e. The average Bonchev–Trinajstić information content (AvgIpc) is 3.42. The Labute approximate surface area is 220 Å². The van der Waals surface area contributed by atoms with Gasteiger partial charge in [-0.1, -0.05) is 11.6 Å². The van der Waals surface area contributed by atoms with E-state index in [9.17, 15) is 4.79 Å². The molecule has 2 aromatic carbocycles. The van der Waals surface area contributed by atoms with Gasteiger partial charge in [-0.05, 0) is 76.4 Å². The molecule has 1 aliphatic carbocycles. The lowest BCUT2D eigenvalue weighted by Gasteiger charge is -2.20. The zero-order chi connectivity index (χ0) is 25.5. The predicted octanol–water partition coefficient (Wildman–Crippen LogP) is 5.31. The molecule has 3 unspecified atom stereocenters. The van der Waals surface area contributed by atoms with E-state index in [1.54, 1.807) is 41.3 Å². The van der Waals surface area contributed by atoms with E-state index < -0.39 is 0 Å². The average molecular weight is 524 g/mol. The topological polar surface area (TPSA) is 93.8 Å². The van der Waals surface area contributed by atoms with Gasteiger partial charge >= 0.3 is 0 Å². The number of hydrogen-bond donors (Lipinski definition) is 1. The summed E-state index contributed by atoms with van der Waals surface area (Å²) in [5.41, 5.74) is 6.27. The first-order chi connectivity index (χ1) is 18.6. The first-order valence-electron chi connectivity index (χ1n) is 12.4. The SMILES string of the molecule is O=c1cc(-c2cc(Cl)ccc2-n2cnnn2)cc2n1C(C1=NC=C(c3ccc4[nH]ccc4c3F)C1)C1CC21. The number of fused-ring (bicyclic) bond motifs is 4. The van der Waals surface area contributed by atoms with Gasteiger partial charge in [0.2, 0.25) is 0 Å². The highest BCUT2D eigenvalue weighted by molar-refractivity contribution is 6.31. The fourth-order valence-corrected chi connectivity index (χ4v) is 6.35. The molecule has 0 saturated heterocycles. The molecule has 5 heterocycles. The van der Waals surface area contributed by atoms with Crippen LogP contribution in [-0.2, 0) is 0 Å². The summed E-state index contributed by atoms with van der Waals surface area (Å²) in [6.07, 6.45) is 6.53. The maximum absolute atomic E-state index is 15.2. The Morgan fingerprint density at radius 3 is 2.87 bits per heavy atom. The molecule has 1 saturated carbocycles. The van der Waals surface area contributed by atoms with Gasteiger partial charge < -0.3 is 9.55 Å². The summed E-state index contributed by atoms with van der Waals surface area (Å²) < 4.78 is 18.7. The van der Waals surface area contributed by atoms with Crippen LogP contribution >= 0.6 is 11.6 Å². The lowest BCUT2D eigenvalue weighted by Crippen LogP contribution is -2.29. The van der Waals surface area contributed by atoms with E-state index >= 15 is 4.39 Å². The number of rotatable bonds is 4. The summed E-state index contributed by atoms with van der Waals surface area (Å²) in [5.74, 6) is 0.368. The van der Waals surface area contributed by atoms with Crippen molar-refractivity contribution in [2.24, 2.45) is 10.9 Å². The smallest absolute Gasteiger partial charge is 0.251 e. The van der Waals surface area contributed by atoms with Crippen LogP contribution in [-0.4, -0.2) is 35.5 Å². The normalized spacial score (nSPS) is 21.4. The monoisotopic (exact) mass is 523 g/mol. The number of halogens is 2. The molecule has 0 spiro atoms. The molecule has 5 aromatic rings. The van der Waals surface area contributed by atoms with Gasteiger partial charge in [0.05, 0.1) is 11.7 Å². The summed E-state index contributed by atoms with van der Waals surface area (Å²) in [6.45, 7) is 0. The molecule has 1 fully saturated rings. The molecule has 186 valence electrons. The van der Waals surface area contributed by atoms with Crippen molar-refractivity contribution in [3.63, 3.8) is 0 Å². The maximum atomic E-state index is 15.2. The zero-order valence-corrected chi connectivity index (χ0v) is 20.6. The van der Waals surface area contributed by atoms with Crippen molar-refractivity contribution in [1.82, 2.24) is 29.8 Å². The van der Waals surface area contributed by atoms with E-state index in [0.29, 0.717) is 34.2 Å². The number of allylic oxidation sites excluding steroid dienone is 1. The highest BCUT2D eigenvalue weighted by Gasteiger charge is 2.54. The molecule has 8 rings (SSSR count). The summed E-state index contributed by atoms with van der Waals surface area (Å²) in [6, 6.07) is 14.5. The minimum atomic E-state index is -0.246. The summed E-state index contributed by atoms with van der Waals surface area (Å²) in [5, 5.41) is 12.6. The Morgan fingerprint density at radius 2 is 2.00 bits per heavy atom. The number of aliphatic imine (C=N–C) groups is 1. The molecular formula is C28H19ClFN7O. The van der Waals surface area contributed by atoms with Gasteiger partial charge in [-0.15, -0.1) is 5.10 Å². The summed E-state index contributed by atoms with van der Waals surface area (Å²) in [7, 11) is 0. The molecule has 10 heteroatoms. The van der Waals surface area contributed by atoms with Gasteiger partial charge in [-0.25, -0.2) is 4.39 Å². The van der Waals surface area contributed by atoms with Crippen LogP contribution in [0.25, 0.3) is 33.3 Å². The van der Waals surface area contributed by atoms with Gasteiger partial charge in [0, 0.05) is 69.3 Å². The van der Waals surface area contributed by atoms with E-state index in [0.717, 1.165) is 45.7 Å². The van der Waals surface area contributed by atoms with Crippen molar-refractivity contribution in [1.29, 1.82) is 0 Å². The molecule has 8 nitrogen and oxygen atoms in total. The van der Waals surface area contributed by atoms with Crippen molar-refractivity contribution in [3.8, 4) is 16.8 Å². The van der Waals surface area contributed by atoms with Gasteiger partial charge in [-0.2, -0.15) is 4.68 Å². The molecular weight excluding hydrogens is 505 g/mol. The highest BCUT2D eigenvalue weighted by Crippen LogP contribution is 2.60. The van der Waals surface area contributed by atoms with Crippen LogP contribution < -0.4 is 5.56 Å². The second-order valence-corrected chi connectivity index (χ2v) is 10.5. The Hall–Kier alpha value is -4.37. The van der Waals surface area contributed by atoms with E-state index in [-0.39, 0.29) is 17.4 Å². The maximum Gasteiger partial charge on any atom is 0.251 e.